The third-order valence-electron chi connectivity index (χ3n) is 5.39. The molecule has 0 fully saturated rings. The lowest BCUT2D eigenvalue weighted by atomic mass is 10.0. The second kappa shape index (κ2) is 9.62. The van der Waals surface area contributed by atoms with Crippen LogP contribution in [-0.2, 0) is 0 Å². The van der Waals surface area contributed by atoms with Crippen molar-refractivity contribution >= 4 is 28.6 Å². The van der Waals surface area contributed by atoms with E-state index in [4.69, 9.17) is 14.2 Å². The molecule has 9 heteroatoms. The van der Waals surface area contributed by atoms with Crippen LogP contribution in [0.25, 0.3) is 22.2 Å². The normalized spacial score (nSPS) is 10.6. The van der Waals surface area contributed by atoms with Crippen LogP contribution in [0.3, 0.4) is 0 Å². The summed E-state index contributed by atoms with van der Waals surface area (Å²) >= 11 is 0. The fraction of sp³-hybridized carbons (Fsp3) is 0.200. The van der Waals surface area contributed by atoms with Gasteiger partial charge in [-0.1, -0.05) is 6.07 Å². The second-order valence-corrected chi connectivity index (χ2v) is 7.48. The summed E-state index contributed by atoms with van der Waals surface area (Å²) in [7, 11) is 6.29. The number of anilines is 2. The predicted octanol–water partition coefficient (Wildman–Crippen LogP) is 4.32. The lowest BCUT2D eigenvalue weighted by Crippen LogP contribution is -2.13. The van der Waals surface area contributed by atoms with Crippen molar-refractivity contribution in [1.29, 1.82) is 0 Å². The number of ether oxygens (including phenoxy) is 3. The zero-order valence-electron chi connectivity index (χ0n) is 19.6. The number of benzene rings is 2. The van der Waals surface area contributed by atoms with Crippen molar-refractivity contribution in [3.8, 4) is 28.4 Å². The van der Waals surface area contributed by atoms with E-state index in [-0.39, 0.29) is 5.91 Å². The van der Waals surface area contributed by atoms with Crippen LogP contribution in [-0.4, -0.2) is 49.2 Å². The van der Waals surface area contributed by atoms with Gasteiger partial charge in [0.2, 0.25) is 11.7 Å². The Morgan fingerprint density at radius 3 is 2.29 bits per heavy atom. The van der Waals surface area contributed by atoms with Gasteiger partial charge in [0, 0.05) is 41.6 Å². The lowest BCUT2D eigenvalue weighted by molar-refractivity contribution is 0.102. The Kier molecular flexibility index (Phi) is 6.44. The number of carbonyl (C=O) groups is 1. The van der Waals surface area contributed by atoms with Gasteiger partial charge in [0.15, 0.2) is 17.1 Å². The molecule has 9 nitrogen and oxygen atoms in total. The first kappa shape index (κ1) is 22.8. The molecule has 0 bridgehead atoms. The minimum atomic E-state index is -0.307. The van der Waals surface area contributed by atoms with Crippen molar-refractivity contribution in [2.45, 2.75) is 6.92 Å². The Morgan fingerprint density at radius 2 is 1.65 bits per heavy atom. The molecule has 174 valence electrons. The van der Waals surface area contributed by atoms with Crippen molar-refractivity contribution < 1.29 is 19.0 Å². The van der Waals surface area contributed by atoms with Crippen molar-refractivity contribution in [2.75, 3.05) is 39.0 Å². The molecule has 0 saturated carbocycles. The van der Waals surface area contributed by atoms with Gasteiger partial charge in [-0.2, -0.15) is 4.98 Å². The van der Waals surface area contributed by atoms with Crippen LogP contribution >= 0.6 is 0 Å². The highest BCUT2D eigenvalue weighted by Gasteiger charge is 2.17. The molecule has 2 aromatic heterocycles. The maximum absolute atomic E-state index is 13.0. The predicted molar refractivity (Wildman–Crippen MR) is 131 cm³/mol. The minimum absolute atomic E-state index is 0.307. The Labute approximate surface area is 197 Å². The van der Waals surface area contributed by atoms with Gasteiger partial charge in [-0.25, -0.2) is 9.97 Å². The molecule has 4 rings (SSSR count). The summed E-state index contributed by atoms with van der Waals surface area (Å²) in [5, 5.41) is 6.67. The number of aromatic nitrogens is 3. The molecule has 1 amide bonds. The fourth-order valence-electron chi connectivity index (χ4n) is 3.62. The summed E-state index contributed by atoms with van der Waals surface area (Å²) in [6.45, 7) is 2.00. The van der Waals surface area contributed by atoms with Gasteiger partial charge >= 0.3 is 0 Å². The Morgan fingerprint density at radius 1 is 0.912 bits per heavy atom. The maximum atomic E-state index is 13.0. The molecule has 2 N–H and O–H groups in total. The summed E-state index contributed by atoms with van der Waals surface area (Å²) in [5.74, 6) is 1.44. The van der Waals surface area contributed by atoms with Gasteiger partial charge in [-0.05, 0) is 48.4 Å². The highest BCUT2D eigenvalue weighted by molar-refractivity contribution is 6.05. The summed E-state index contributed by atoms with van der Waals surface area (Å²) in [5.41, 5.74) is 4.50. The molecule has 0 spiro atoms. The van der Waals surface area contributed by atoms with Crippen LogP contribution in [0.1, 0.15) is 15.9 Å². The summed E-state index contributed by atoms with van der Waals surface area (Å²) in [4.78, 5) is 26.1. The number of pyridine rings is 1. The standard InChI is InChI=1S/C25H25N5O4/c1-14-6-7-18(29-24(31)15-9-20(32-3)22(34-5)21(10-15)33-4)11-19(14)16-8-17-13-28-25(26-2)30-23(17)27-12-16/h6-13H,1-5H3,(H,29,31)(H,26,27,28,30). The summed E-state index contributed by atoms with van der Waals surface area (Å²) < 4.78 is 16.0. The van der Waals surface area contributed by atoms with E-state index >= 15 is 0 Å². The molecule has 0 saturated heterocycles. The zero-order valence-corrected chi connectivity index (χ0v) is 19.6. The van der Waals surface area contributed by atoms with Gasteiger partial charge in [-0.3, -0.25) is 4.79 Å². The highest BCUT2D eigenvalue weighted by atomic mass is 16.5. The number of nitrogens with zero attached hydrogens (tertiary/aromatic N) is 3. The number of carbonyl (C=O) groups excluding carboxylic acids is 1. The molecule has 4 aromatic rings. The van der Waals surface area contributed by atoms with Crippen LogP contribution in [0.2, 0.25) is 0 Å². The van der Waals surface area contributed by atoms with E-state index in [1.165, 1.54) is 21.3 Å². The number of methoxy groups -OCH3 is 3. The quantitative estimate of drug-likeness (QED) is 0.421. The van der Waals surface area contributed by atoms with Crippen molar-refractivity contribution in [2.24, 2.45) is 0 Å². The fourth-order valence-corrected chi connectivity index (χ4v) is 3.62. The molecule has 0 aliphatic heterocycles. The van der Waals surface area contributed by atoms with Crippen molar-refractivity contribution in [1.82, 2.24) is 15.0 Å². The molecule has 2 aromatic carbocycles. The number of hydrogen-bond donors (Lipinski definition) is 2. The van der Waals surface area contributed by atoms with Crippen LogP contribution < -0.4 is 24.8 Å². The van der Waals surface area contributed by atoms with Gasteiger partial charge in [0.1, 0.15) is 0 Å². The topological polar surface area (TPSA) is 107 Å². The molecule has 0 aliphatic rings. The Balaban J connectivity index is 1.65. The molecule has 0 radical (unpaired) electrons. The van der Waals surface area contributed by atoms with Gasteiger partial charge in [-0.15, -0.1) is 0 Å². The third-order valence-corrected chi connectivity index (χ3v) is 5.39. The average molecular weight is 460 g/mol. The molecule has 34 heavy (non-hydrogen) atoms. The van der Waals surface area contributed by atoms with Gasteiger partial charge in [0.25, 0.3) is 5.91 Å². The van der Waals surface area contributed by atoms with Crippen molar-refractivity contribution in [3.05, 3.63) is 59.9 Å². The summed E-state index contributed by atoms with van der Waals surface area (Å²) in [6.07, 6.45) is 3.50. The Bertz CT molecular complexity index is 1350. The smallest absolute Gasteiger partial charge is 0.255 e. The second-order valence-electron chi connectivity index (χ2n) is 7.48. The SMILES string of the molecule is CNc1ncc2cc(-c3cc(NC(=O)c4cc(OC)c(OC)c(OC)c4)ccc3C)cnc2n1. The van der Waals surface area contributed by atoms with E-state index in [9.17, 15) is 4.79 Å². The molecule has 0 atom stereocenters. The molecular formula is C25H25N5O4. The average Bonchev–Trinajstić information content (AvgIpc) is 2.88. The Hall–Kier alpha value is -4.40. The number of nitrogens with one attached hydrogen (secondary N) is 2. The number of fused-ring (bicyclic) bond motifs is 1. The first-order valence-electron chi connectivity index (χ1n) is 10.5. The van der Waals surface area contributed by atoms with Gasteiger partial charge < -0.3 is 24.8 Å². The molecule has 0 aliphatic carbocycles. The van der Waals surface area contributed by atoms with Crippen LogP contribution in [0.5, 0.6) is 17.2 Å². The number of amides is 1. The number of aryl methyl sites for hydroxylation is 1. The largest absolute Gasteiger partial charge is 0.493 e. The van der Waals surface area contributed by atoms with E-state index in [1.807, 2.05) is 31.2 Å². The third kappa shape index (κ3) is 4.40. The first-order chi connectivity index (χ1) is 16.5. The maximum Gasteiger partial charge on any atom is 0.255 e. The van der Waals surface area contributed by atoms with E-state index in [0.717, 1.165) is 22.1 Å². The zero-order chi connectivity index (χ0) is 24.2. The van der Waals surface area contributed by atoms with E-state index in [0.29, 0.717) is 40.1 Å². The summed E-state index contributed by atoms with van der Waals surface area (Å²) in [6, 6.07) is 10.9. The molecule has 0 unspecified atom stereocenters. The first-order valence-corrected chi connectivity index (χ1v) is 10.5. The molecular weight excluding hydrogens is 434 g/mol. The van der Waals surface area contributed by atoms with Gasteiger partial charge in [0.05, 0.1) is 21.3 Å². The van der Waals surface area contributed by atoms with Crippen LogP contribution in [0.4, 0.5) is 11.6 Å². The lowest BCUT2D eigenvalue weighted by Gasteiger charge is -2.15. The minimum Gasteiger partial charge on any atom is -0.493 e. The number of rotatable bonds is 7. The highest BCUT2D eigenvalue weighted by Crippen LogP contribution is 2.38. The number of hydrogen-bond acceptors (Lipinski definition) is 8. The van der Waals surface area contributed by atoms with Crippen molar-refractivity contribution in [3.63, 3.8) is 0 Å². The monoisotopic (exact) mass is 459 g/mol. The van der Waals surface area contributed by atoms with E-state index < -0.39 is 0 Å². The van der Waals surface area contributed by atoms with E-state index in [2.05, 4.69) is 25.6 Å². The van der Waals surface area contributed by atoms with Crippen LogP contribution in [0, 0.1) is 6.92 Å². The van der Waals surface area contributed by atoms with Crippen LogP contribution in [0.15, 0.2) is 48.8 Å². The van der Waals surface area contributed by atoms with E-state index in [1.54, 1.807) is 31.6 Å². The molecule has 2 heterocycles.